The number of aliphatic hydroxyl groups excluding tert-OH is 2. The van der Waals surface area contributed by atoms with E-state index >= 15 is 0 Å². The van der Waals surface area contributed by atoms with Gasteiger partial charge in [0.15, 0.2) is 0 Å². The molecule has 2 unspecified atom stereocenters. The largest absolute Gasteiger partial charge is 0.466 e. The number of carbonyl (C=O) groups excluding carboxylic acids is 2. The first-order chi connectivity index (χ1) is 34.0. The van der Waals surface area contributed by atoms with Gasteiger partial charge in [0.2, 0.25) is 5.91 Å². The molecule has 0 radical (unpaired) electrons. The number of allylic oxidation sites excluding steroid dienone is 4. The van der Waals surface area contributed by atoms with Gasteiger partial charge in [0.25, 0.3) is 0 Å². The lowest BCUT2D eigenvalue weighted by atomic mass is 10.0. The molecular weight excluding hydrogens is 851 g/mol. The summed E-state index contributed by atoms with van der Waals surface area (Å²) in [5, 5.41) is 23.3. The molecule has 0 aliphatic carbocycles. The molecule has 0 aromatic heterocycles. The topological polar surface area (TPSA) is 95.9 Å². The van der Waals surface area contributed by atoms with Crippen LogP contribution < -0.4 is 5.32 Å². The predicted molar refractivity (Wildman–Crippen MR) is 301 cm³/mol. The van der Waals surface area contributed by atoms with Crippen molar-refractivity contribution < 1.29 is 24.5 Å². The third-order valence-corrected chi connectivity index (χ3v) is 14.5. The average Bonchev–Trinajstić information content (AvgIpc) is 3.35. The number of ether oxygens (including phenoxy) is 1. The number of amides is 1. The van der Waals surface area contributed by atoms with Gasteiger partial charge in [-0.05, 0) is 77.0 Å². The number of nitrogens with one attached hydrogen (secondary N) is 1. The van der Waals surface area contributed by atoms with Crippen molar-refractivity contribution in [1.29, 1.82) is 0 Å². The van der Waals surface area contributed by atoms with Crippen LogP contribution >= 0.6 is 0 Å². The maximum Gasteiger partial charge on any atom is 0.305 e. The van der Waals surface area contributed by atoms with Crippen LogP contribution in [-0.4, -0.2) is 47.4 Å². The number of hydrogen-bond acceptors (Lipinski definition) is 5. The second-order valence-corrected chi connectivity index (χ2v) is 21.4. The molecule has 0 saturated heterocycles. The van der Waals surface area contributed by atoms with Gasteiger partial charge in [-0.25, -0.2) is 0 Å². The van der Waals surface area contributed by atoms with Crippen molar-refractivity contribution in [3.05, 3.63) is 24.3 Å². The number of esters is 1. The van der Waals surface area contributed by atoms with Crippen molar-refractivity contribution in [1.82, 2.24) is 5.32 Å². The average molecular weight is 973 g/mol. The summed E-state index contributed by atoms with van der Waals surface area (Å²) in [6.07, 6.45) is 71.8. The normalized spacial score (nSPS) is 12.7. The molecule has 0 bridgehead atoms. The van der Waals surface area contributed by atoms with Crippen LogP contribution in [0.5, 0.6) is 0 Å². The first-order valence-corrected chi connectivity index (χ1v) is 31.1. The van der Waals surface area contributed by atoms with E-state index in [0.717, 1.165) is 44.9 Å². The fraction of sp³-hybridized carbons (Fsp3) is 0.905. The molecule has 0 aromatic carbocycles. The van der Waals surface area contributed by atoms with Gasteiger partial charge < -0.3 is 20.3 Å². The second kappa shape index (κ2) is 58.9. The molecule has 0 aromatic rings. The summed E-state index contributed by atoms with van der Waals surface area (Å²) in [5.74, 6) is -0.0381. The maximum absolute atomic E-state index is 12.5. The summed E-state index contributed by atoms with van der Waals surface area (Å²) < 4.78 is 5.47. The lowest BCUT2D eigenvalue weighted by Gasteiger charge is -2.22. The minimum absolute atomic E-state index is 0.00179. The van der Waals surface area contributed by atoms with E-state index < -0.39 is 12.1 Å². The molecule has 0 fully saturated rings. The molecule has 0 saturated carbocycles. The van der Waals surface area contributed by atoms with Crippen molar-refractivity contribution in [2.75, 3.05) is 13.2 Å². The van der Waals surface area contributed by atoms with Gasteiger partial charge in [0, 0.05) is 12.8 Å². The van der Waals surface area contributed by atoms with E-state index in [1.54, 1.807) is 0 Å². The molecule has 408 valence electrons. The highest BCUT2D eigenvalue weighted by Gasteiger charge is 2.20. The van der Waals surface area contributed by atoms with E-state index in [1.807, 2.05) is 0 Å². The summed E-state index contributed by atoms with van der Waals surface area (Å²) in [6, 6.07) is -0.546. The van der Waals surface area contributed by atoms with E-state index in [2.05, 4.69) is 43.5 Å². The Morgan fingerprint density at radius 3 is 1.03 bits per heavy atom. The Hall–Kier alpha value is -1.66. The standard InChI is InChI=1S/C63H121NO5/c1-3-5-7-9-11-13-15-17-19-28-31-35-39-43-47-51-55-61(66)60(59-65)64-62(67)56-52-48-44-40-36-32-29-26-24-22-20-21-23-25-27-30-34-38-42-46-50-54-58-69-63(68)57-53-49-45-41-37-33-18-16-14-12-10-8-6-4-2/h16,18,22,24,60-61,65-66H,3-15,17,19-21,23,25-59H2,1-2H3,(H,64,67)/b18-16-,24-22-. The Morgan fingerprint density at radius 1 is 0.391 bits per heavy atom. The zero-order valence-corrected chi connectivity index (χ0v) is 46.6. The highest BCUT2D eigenvalue weighted by atomic mass is 16.5. The number of unbranched alkanes of at least 4 members (excludes halogenated alkanes) is 43. The monoisotopic (exact) mass is 972 g/mol. The van der Waals surface area contributed by atoms with Crippen LogP contribution in [-0.2, 0) is 14.3 Å². The highest BCUT2D eigenvalue weighted by Crippen LogP contribution is 2.17. The van der Waals surface area contributed by atoms with Crippen molar-refractivity contribution in [2.45, 2.75) is 353 Å². The lowest BCUT2D eigenvalue weighted by Crippen LogP contribution is -2.45. The van der Waals surface area contributed by atoms with Crippen LogP contribution in [0.15, 0.2) is 24.3 Å². The Labute approximate surface area is 431 Å². The molecule has 3 N–H and O–H groups in total. The summed E-state index contributed by atoms with van der Waals surface area (Å²) in [6.45, 7) is 4.95. The van der Waals surface area contributed by atoms with Crippen LogP contribution in [0.25, 0.3) is 0 Å². The van der Waals surface area contributed by atoms with Crippen LogP contribution in [0, 0.1) is 0 Å². The van der Waals surface area contributed by atoms with E-state index in [4.69, 9.17) is 4.74 Å². The Bertz CT molecular complexity index is 1080. The maximum atomic E-state index is 12.5. The number of hydrogen-bond donors (Lipinski definition) is 3. The fourth-order valence-corrected chi connectivity index (χ4v) is 9.69. The third-order valence-electron chi connectivity index (χ3n) is 14.5. The van der Waals surface area contributed by atoms with E-state index in [-0.39, 0.29) is 18.5 Å². The van der Waals surface area contributed by atoms with Gasteiger partial charge in [-0.3, -0.25) is 9.59 Å². The number of carbonyl (C=O) groups is 2. The smallest absolute Gasteiger partial charge is 0.305 e. The van der Waals surface area contributed by atoms with Gasteiger partial charge >= 0.3 is 5.97 Å². The molecule has 1 amide bonds. The van der Waals surface area contributed by atoms with Gasteiger partial charge in [-0.1, -0.05) is 276 Å². The van der Waals surface area contributed by atoms with Crippen molar-refractivity contribution in [3.63, 3.8) is 0 Å². The van der Waals surface area contributed by atoms with Gasteiger partial charge in [-0.15, -0.1) is 0 Å². The van der Waals surface area contributed by atoms with E-state index in [1.165, 1.54) is 263 Å². The quantitative estimate of drug-likeness (QED) is 0.0321. The molecule has 0 spiro atoms. The van der Waals surface area contributed by atoms with E-state index in [9.17, 15) is 19.8 Å². The van der Waals surface area contributed by atoms with Crippen molar-refractivity contribution in [3.8, 4) is 0 Å². The summed E-state index contributed by atoms with van der Waals surface area (Å²) >= 11 is 0. The fourth-order valence-electron chi connectivity index (χ4n) is 9.69. The molecule has 0 rings (SSSR count). The van der Waals surface area contributed by atoms with Crippen LogP contribution in [0.3, 0.4) is 0 Å². The SMILES string of the molecule is CCCCCCC/C=C\CCCCCCCC(=O)OCCCCCCCCCCCCC/C=C\CCCCCCCCCC(=O)NC(CO)C(O)CCCCCCCCCCCCCCCCCC. The number of rotatable bonds is 58. The molecule has 0 aliphatic rings. The molecule has 69 heavy (non-hydrogen) atoms. The van der Waals surface area contributed by atoms with Crippen molar-refractivity contribution in [2.24, 2.45) is 0 Å². The van der Waals surface area contributed by atoms with Crippen LogP contribution in [0.2, 0.25) is 0 Å². The highest BCUT2D eigenvalue weighted by molar-refractivity contribution is 5.76. The number of aliphatic hydroxyl groups is 2. The van der Waals surface area contributed by atoms with Crippen molar-refractivity contribution >= 4 is 11.9 Å². The summed E-state index contributed by atoms with van der Waals surface area (Å²) in [4.78, 5) is 24.5. The summed E-state index contributed by atoms with van der Waals surface area (Å²) in [5.41, 5.74) is 0. The Balaban J connectivity index is 3.42. The second-order valence-electron chi connectivity index (χ2n) is 21.4. The minimum Gasteiger partial charge on any atom is -0.466 e. The zero-order chi connectivity index (χ0) is 50.0. The van der Waals surface area contributed by atoms with Crippen LogP contribution in [0.4, 0.5) is 0 Å². The molecular formula is C63H121NO5. The Kier molecular flexibility index (Phi) is 57.5. The molecule has 6 heteroatoms. The van der Waals surface area contributed by atoms with Crippen LogP contribution in [0.1, 0.15) is 341 Å². The zero-order valence-electron chi connectivity index (χ0n) is 46.6. The van der Waals surface area contributed by atoms with E-state index in [0.29, 0.717) is 25.9 Å². The lowest BCUT2D eigenvalue weighted by molar-refractivity contribution is -0.143. The predicted octanol–water partition coefficient (Wildman–Crippen LogP) is 19.4. The van der Waals surface area contributed by atoms with Gasteiger partial charge in [0.05, 0.1) is 25.4 Å². The first kappa shape index (κ1) is 67.3. The minimum atomic E-state index is -0.668. The van der Waals surface area contributed by atoms with Gasteiger partial charge in [0.1, 0.15) is 0 Å². The third kappa shape index (κ3) is 55.5. The molecule has 0 heterocycles. The molecule has 0 aliphatic heterocycles. The molecule has 2 atom stereocenters. The molecule has 6 nitrogen and oxygen atoms in total. The first-order valence-electron chi connectivity index (χ1n) is 31.1. The van der Waals surface area contributed by atoms with Gasteiger partial charge in [-0.2, -0.15) is 0 Å². The Morgan fingerprint density at radius 2 is 0.681 bits per heavy atom. The summed E-state index contributed by atoms with van der Waals surface area (Å²) in [7, 11) is 0.